The Morgan fingerprint density at radius 3 is 2.96 bits per heavy atom. The van der Waals surface area contributed by atoms with Gasteiger partial charge in [0.05, 0.1) is 7.11 Å². The number of aryl methyl sites for hydroxylation is 1. The molecule has 0 aliphatic carbocycles. The molecule has 0 aliphatic rings. The Hall–Kier alpha value is -2.48. The van der Waals surface area contributed by atoms with Crippen LogP contribution in [0.2, 0.25) is 0 Å². The summed E-state index contributed by atoms with van der Waals surface area (Å²) in [6.07, 6.45) is 2.94. The Balaban J connectivity index is 2.29. The maximum atomic E-state index is 12.1. The van der Waals surface area contributed by atoms with Crippen molar-refractivity contribution in [2.24, 2.45) is 0 Å². The zero-order valence-corrected chi connectivity index (χ0v) is 13.5. The molecule has 2 aromatic rings. The molecule has 0 radical (unpaired) electrons. The molecule has 2 rings (SSSR count). The molecule has 0 amide bonds. The quantitative estimate of drug-likeness (QED) is 0.589. The number of para-hydroxylation sites is 1. The number of hydrogen-bond acceptors (Lipinski definition) is 6. The number of ether oxygens (including phenoxy) is 1. The fraction of sp³-hybridized carbons (Fsp3) is 0.267. The second kappa shape index (κ2) is 7.68. The Morgan fingerprint density at radius 2 is 2.30 bits per heavy atom. The van der Waals surface area contributed by atoms with E-state index >= 15 is 0 Å². The van der Waals surface area contributed by atoms with Gasteiger partial charge in [0.15, 0.2) is 0 Å². The van der Waals surface area contributed by atoms with Crippen molar-refractivity contribution in [1.82, 2.24) is 15.2 Å². The lowest BCUT2D eigenvalue weighted by molar-refractivity contribution is -0.270. The second-order valence-corrected chi connectivity index (χ2v) is 5.62. The molecule has 0 saturated heterocycles. The third-order valence-corrected chi connectivity index (χ3v) is 3.80. The molecule has 0 saturated carbocycles. The topological polar surface area (TPSA) is 111 Å². The van der Waals surface area contributed by atoms with Crippen molar-refractivity contribution in [3.8, 4) is 11.5 Å². The highest BCUT2D eigenvalue weighted by Crippen LogP contribution is 2.32. The van der Waals surface area contributed by atoms with E-state index in [0.717, 1.165) is 24.6 Å². The van der Waals surface area contributed by atoms with Gasteiger partial charge in [0, 0.05) is 6.42 Å². The maximum absolute atomic E-state index is 12.1. The smallest absolute Gasteiger partial charge is 0.342 e. The lowest BCUT2D eigenvalue weighted by atomic mass is 10.1. The Morgan fingerprint density at radius 1 is 1.52 bits per heavy atom. The number of aliphatic carboxylic acids is 1. The van der Waals surface area contributed by atoms with E-state index < -0.39 is 5.97 Å². The monoisotopic (exact) mass is 334 g/mol. The molecule has 1 heterocycles. The van der Waals surface area contributed by atoms with Gasteiger partial charge in [0.1, 0.15) is 16.5 Å². The average molecular weight is 334 g/mol. The summed E-state index contributed by atoms with van der Waals surface area (Å²) in [4.78, 5) is 15.6. The van der Waals surface area contributed by atoms with Crippen LogP contribution in [0, 0.1) is 0 Å². The van der Waals surface area contributed by atoms with Crippen LogP contribution < -0.4 is 9.84 Å². The van der Waals surface area contributed by atoms with Gasteiger partial charge in [0.2, 0.25) is 5.16 Å². The first-order chi connectivity index (χ1) is 11.0. The van der Waals surface area contributed by atoms with Gasteiger partial charge in [-0.2, -0.15) is 0 Å². The van der Waals surface area contributed by atoms with E-state index in [2.05, 4.69) is 15.2 Å². The highest BCUT2D eigenvalue weighted by Gasteiger charge is 2.14. The van der Waals surface area contributed by atoms with E-state index in [0.29, 0.717) is 11.0 Å². The van der Waals surface area contributed by atoms with Crippen LogP contribution in [-0.2, 0) is 11.2 Å². The fourth-order valence-corrected chi connectivity index (χ4v) is 2.57. The predicted octanol–water partition coefficient (Wildman–Crippen LogP) is 2.06. The van der Waals surface area contributed by atoms with E-state index in [-0.39, 0.29) is 22.0 Å². The molecular weight excluding hydrogens is 318 g/mol. The molecule has 1 aromatic carbocycles. The number of nitrogens with zero attached hydrogens (tertiary/aromatic N) is 2. The van der Waals surface area contributed by atoms with E-state index in [1.54, 1.807) is 6.07 Å². The SMILES string of the molecule is CCCc1nc(S/C(=C\c2cccc(OC)c2[O-])C(=O)O)n[nH]1. The zero-order chi connectivity index (χ0) is 16.8. The molecule has 0 spiro atoms. The van der Waals surface area contributed by atoms with E-state index in [9.17, 15) is 15.0 Å². The predicted molar refractivity (Wildman–Crippen MR) is 84.3 cm³/mol. The highest BCUT2D eigenvalue weighted by molar-refractivity contribution is 8.04. The minimum absolute atomic E-state index is 0.0441. The molecule has 0 fully saturated rings. The molecule has 122 valence electrons. The number of thioether (sulfide) groups is 1. The lowest BCUT2D eigenvalue weighted by Crippen LogP contribution is -2.00. The summed E-state index contributed by atoms with van der Waals surface area (Å²) in [7, 11) is 1.39. The van der Waals surface area contributed by atoms with Crippen LogP contribution in [0.1, 0.15) is 24.7 Å². The van der Waals surface area contributed by atoms with Crippen LogP contribution in [0.25, 0.3) is 6.08 Å². The molecule has 8 heteroatoms. The number of carboxylic acid groups (broad SMARTS) is 1. The van der Waals surface area contributed by atoms with Crippen molar-refractivity contribution >= 4 is 23.8 Å². The van der Waals surface area contributed by atoms with Crippen molar-refractivity contribution < 1.29 is 19.7 Å². The van der Waals surface area contributed by atoms with Crippen LogP contribution in [0.3, 0.4) is 0 Å². The van der Waals surface area contributed by atoms with Gasteiger partial charge in [-0.05, 0) is 35.9 Å². The number of methoxy groups -OCH3 is 1. The molecule has 1 aromatic heterocycles. The first-order valence-electron chi connectivity index (χ1n) is 6.93. The van der Waals surface area contributed by atoms with Crippen LogP contribution in [0.15, 0.2) is 28.3 Å². The molecule has 0 atom stereocenters. The third-order valence-electron chi connectivity index (χ3n) is 2.93. The van der Waals surface area contributed by atoms with Crippen molar-refractivity contribution in [2.45, 2.75) is 24.9 Å². The van der Waals surface area contributed by atoms with Crippen LogP contribution in [0.4, 0.5) is 0 Å². The molecular formula is C15H16N3O4S-. The summed E-state index contributed by atoms with van der Waals surface area (Å²) in [5.41, 5.74) is 0.235. The summed E-state index contributed by atoms with van der Waals surface area (Å²) in [5.74, 6) is -0.655. The first kappa shape index (κ1) is 16.9. The normalized spacial score (nSPS) is 11.5. The molecule has 23 heavy (non-hydrogen) atoms. The maximum Gasteiger partial charge on any atom is 0.342 e. The highest BCUT2D eigenvalue weighted by atomic mass is 32.2. The van der Waals surface area contributed by atoms with Gasteiger partial charge in [-0.15, -0.1) is 5.10 Å². The molecule has 2 N–H and O–H groups in total. The van der Waals surface area contributed by atoms with Crippen molar-refractivity contribution in [2.75, 3.05) is 7.11 Å². The summed E-state index contributed by atoms with van der Waals surface area (Å²) in [6, 6.07) is 4.69. The number of benzene rings is 1. The molecule has 7 nitrogen and oxygen atoms in total. The zero-order valence-electron chi connectivity index (χ0n) is 12.7. The number of carbonyl (C=O) groups is 1. The van der Waals surface area contributed by atoms with Crippen LogP contribution in [0.5, 0.6) is 11.5 Å². The van der Waals surface area contributed by atoms with Gasteiger partial charge < -0.3 is 14.9 Å². The van der Waals surface area contributed by atoms with Crippen LogP contribution in [-0.4, -0.2) is 33.4 Å². The molecule has 0 unspecified atom stereocenters. The number of H-pyrrole nitrogens is 1. The number of carboxylic acids is 1. The van der Waals surface area contributed by atoms with Crippen molar-refractivity contribution in [3.63, 3.8) is 0 Å². The largest absolute Gasteiger partial charge is 0.870 e. The summed E-state index contributed by atoms with van der Waals surface area (Å²) in [5, 5.41) is 28.5. The number of aromatic nitrogens is 3. The van der Waals surface area contributed by atoms with E-state index in [4.69, 9.17) is 4.74 Å². The summed E-state index contributed by atoms with van der Waals surface area (Å²) >= 11 is 0.889. The lowest BCUT2D eigenvalue weighted by Gasteiger charge is -2.15. The molecule has 0 aliphatic heterocycles. The van der Waals surface area contributed by atoms with Gasteiger partial charge in [-0.3, -0.25) is 5.10 Å². The molecule has 0 bridgehead atoms. The fourth-order valence-electron chi connectivity index (χ4n) is 1.85. The number of aromatic amines is 1. The van der Waals surface area contributed by atoms with Gasteiger partial charge in [0.25, 0.3) is 0 Å². The summed E-state index contributed by atoms with van der Waals surface area (Å²) < 4.78 is 4.95. The number of hydrogen-bond donors (Lipinski definition) is 2. The number of rotatable bonds is 7. The minimum Gasteiger partial charge on any atom is -0.870 e. The van der Waals surface area contributed by atoms with E-state index in [1.807, 2.05) is 6.92 Å². The Kier molecular flexibility index (Phi) is 5.64. The van der Waals surface area contributed by atoms with Gasteiger partial charge in [-0.25, -0.2) is 9.78 Å². The van der Waals surface area contributed by atoms with Gasteiger partial charge in [-0.1, -0.05) is 24.8 Å². The van der Waals surface area contributed by atoms with Crippen LogP contribution >= 0.6 is 11.8 Å². The standard InChI is InChI=1S/C15H17N3O4S/c1-3-5-12-16-15(18-17-12)23-11(14(20)21)8-9-6-4-7-10(22-2)13(9)19/h4,6-8,19H,3,5H2,1-2H3,(H,20,21)(H,16,17,18)/p-1/b11-8-. The Labute approximate surface area is 137 Å². The van der Waals surface area contributed by atoms with Gasteiger partial charge >= 0.3 is 5.97 Å². The third kappa shape index (κ3) is 4.26. The number of nitrogens with one attached hydrogen (secondary N) is 1. The van der Waals surface area contributed by atoms with Crippen molar-refractivity contribution in [1.29, 1.82) is 0 Å². The summed E-state index contributed by atoms with van der Waals surface area (Å²) in [6.45, 7) is 2.01. The average Bonchev–Trinajstić information content (AvgIpc) is 2.96. The minimum atomic E-state index is -1.15. The first-order valence-corrected chi connectivity index (χ1v) is 7.75. The van der Waals surface area contributed by atoms with E-state index in [1.165, 1.54) is 25.3 Å². The van der Waals surface area contributed by atoms with Crippen molar-refractivity contribution in [3.05, 3.63) is 34.5 Å². The second-order valence-electron chi connectivity index (χ2n) is 4.61. The Bertz CT molecular complexity index is 727.